The number of aromatic nitrogens is 2. The Hall–Kier alpha value is -3.86. The van der Waals surface area contributed by atoms with Crippen molar-refractivity contribution in [2.45, 2.75) is 31.5 Å². The van der Waals surface area contributed by atoms with Crippen molar-refractivity contribution in [3.8, 4) is 16.2 Å². The minimum absolute atomic E-state index is 0.00418. The van der Waals surface area contributed by atoms with Gasteiger partial charge < -0.3 is 9.64 Å². The lowest BCUT2D eigenvalue weighted by Gasteiger charge is -2.31. The fourth-order valence-corrected chi connectivity index (χ4v) is 5.63. The van der Waals surface area contributed by atoms with E-state index in [1.165, 1.54) is 4.57 Å². The third kappa shape index (κ3) is 5.36. The summed E-state index contributed by atoms with van der Waals surface area (Å²) in [6.45, 7) is -1.56. The first-order valence-corrected chi connectivity index (χ1v) is 13.4. The van der Waals surface area contributed by atoms with Gasteiger partial charge >= 0.3 is 5.69 Å². The van der Waals surface area contributed by atoms with Crippen LogP contribution in [0.3, 0.4) is 0 Å². The molecule has 1 saturated heterocycles. The van der Waals surface area contributed by atoms with E-state index in [4.69, 9.17) is 4.74 Å². The highest BCUT2D eigenvalue weighted by molar-refractivity contribution is 7.13. The zero-order valence-corrected chi connectivity index (χ0v) is 21.7. The number of hydrogen-bond acceptors (Lipinski definition) is 5. The summed E-state index contributed by atoms with van der Waals surface area (Å²) in [5.41, 5.74) is 0.524. The molecule has 0 spiro atoms. The zero-order valence-electron chi connectivity index (χ0n) is 20.9. The van der Waals surface area contributed by atoms with Crippen LogP contribution in [0, 0.1) is 5.82 Å². The molecule has 0 radical (unpaired) electrons. The van der Waals surface area contributed by atoms with Gasteiger partial charge in [-0.15, -0.1) is 11.3 Å². The smallest absolute Gasteiger partial charge is 0.332 e. The molecule has 0 atom stereocenters. The van der Waals surface area contributed by atoms with Crippen LogP contribution in [0.5, 0.6) is 5.75 Å². The molecule has 0 N–H and O–H groups in total. The lowest BCUT2D eigenvalue weighted by molar-refractivity contribution is -0.119. The Balaban J connectivity index is 1.61. The first kappa shape index (κ1) is 26.7. The van der Waals surface area contributed by atoms with Gasteiger partial charge in [0.25, 0.3) is 5.56 Å². The van der Waals surface area contributed by atoms with Crippen molar-refractivity contribution in [2.24, 2.45) is 0 Å². The van der Waals surface area contributed by atoms with Gasteiger partial charge in [-0.3, -0.25) is 18.7 Å². The maximum Gasteiger partial charge on any atom is 0.332 e. The van der Waals surface area contributed by atoms with Crippen molar-refractivity contribution in [3.05, 3.63) is 86.1 Å². The molecule has 0 bridgehead atoms. The van der Waals surface area contributed by atoms with Gasteiger partial charge in [-0.25, -0.2) is 18.0 Å². The summed E-state index contributed by atoms with van der Waals surface area (Å²) >= 11 is 1.60. The second-order valence-electron chi connectivity index (χ2n) is 9.44. The molecule has 3 heterocycles. The Morgan fingerprint density at radius 3 is 2.38 bits per heavy atom. The number of ether oxygens (including phenoxy) is 1. The molecular formula is C28H26F3N3O4S. The number of amides is 1. The standard InChI is InChI=1S/C28H26F3N3O4S/c29-14-21(15-30)38-25-12-22-24(13-23(25)31)34(20-7-9-32(17-35)10-8-20)28(37)33(27(22)36)16-18-3-5-19(6-4-18)26-2-1-11-39-26/h1-6,11-13,17,20-21H,7-10,14-16H2. The largest absolute Gasteiger partial charge is 0.482 e. The Morgan fingerprint density at radius 1 is 1.05 bits per heavy atom. The quantitative estimate of drug-likeness (QED) is 0.283. The van der Waals surface area contributed by atoms with Crippen LogP contribution in [-0.2, 0) is 11.3 Å². The third-order valence-electron chi connectivity index (χ3n) is 6.97. The van der Waals surface area contributed by atoms with Crippen LogP contribution >= 0.6 is 11.3 Å². The number of carbonyl (C=O) groups excluding carboxylic acids is 1. The molecule has 1 amide bonds. The van der Waals surface area contributed by atoms with Crippen molar-refractivity contribution >= 4 is 28.6 Å². The topological polar surface area (TPSA) is 73.5 Å². The molecule has 5 rings (SSSR count). The van der Waals surface area contributed by atoms with Crippen molar-refractivity contribution in [1.29, 1.82) is 0 Å². The van der Waals surface area contributed by atoms with Crippen LogP contribution < -0.4 is 16.0 Å². The van der Waals surface area contributed by atoms with E-state index in [9.17, 15) is 23.2 Å². The summed E-state index contributed by atoms with van der Waals surface area (Å²) < 4.78 is 48.8. The van der Waals surface area contributed by atoms with Gasteiger partial charge in [0.15, 0.2) is 17.7 Å². The maximum atomic E-state index is 15.0. The molecule has 1 aliphatic rings. The molecule has 0 aliphatic carbocycles. The summed E-state index contributed by atoms with van der Waals surface area (Å²) in [6, 6.07) is 13.2. The number of likely N-dealkylation sites (tertiary alicyclic amines) is 1. The second-order valence-corrected chi connectivity index (χ2v) is 10.4. The molecule has 1 aliphatic heterocycles. The normalized spacial score (nSPS) is 14.3. The predicted octanol–water partition coefficient (Wildman–Crippen LogP) is 4.56. The Bertz CT molecular complexity index is 1570. The van der Waals surface area contributed by atoms with Crippen molar-refractivity contribution < 1.29 is 22.7 Å². The van der Waals surface area contributed by atoms with Gasteiger partial charge in [0.1, 0.15) is 13.3 Å². The summed E-state index contributed by atoms with van der Waals surface area (Å²) in [7, 11) is 0. The number of halogens is 3. The maximum absolute atomic E-state index is 15.0. The molecule has 4 aromatic rings. The van der Waals surface area contributed by atoms with Crippen LogP contribution in [0.4, 0.5) is 13.2 Å². The molecular weight excluding hydrogens is 531 g/mol. The SMILES string of the molecule is O=CN1CCC(n2c(=O)n(Cc3ccc(-c4cccs4)cc3)c(=O)c3cc(OC(CF)CF)c(F)cc32)CC1. The summed E-state index contributed by atoms with van der Waals surface area (Å²) in [6.07, 6.45) is 0.104. The zero-order chi connectivity index (χ0) is 27.5. The molecule has 0 unspecified atom stereocenters. The number of thiophene rings is 1. The Kier molecular flexibility index (Phi) is 7.87. The first-order chi connectivity index (χ1) is 18.9. The number of fused-ring (bicyclic) bond motifs is 1. The van der Waals surface area contributed by atoms with Gasteiger partial charge in [0.2, 0.25) is 6.41 Å². The Morgan fingerprint density at radius 2 is 1.77 bits per heavy atom. The molecule has 7 nitrogen and oxygen atoms in total. The first-order valence-electron chi connectivity index (χ1n) is 12.5. The molecule has 39 heavy (non-hydrogen) atoms. The number of rotatable bonds is 9. The van der Waals surface area contributed by atoms with Gasteiger partial charge in [0, 0.05) is 30.1 Å². The molecule has 1 fully saturated rings. The van der Waals surface area contributed by atoms with Gasteiger partial charge in [0.05, 0.1) is 17.4 Å². The lowest BCUT2D eigenvalue weighted by Crippen LogP contribution is -2.44. The predicted molar refractivity (Wildman–Crippen MR) is 144 cm³/mol. The minimum Gasteiger partial charge on any atom is -0.482 e. The van der Waals surface area contributed by atoms with Crippen molar-refractivity contribution in [2.75, 3.05) is 26.4 Å². The fraction of sp³-hybridized carbons (Fsp3) is 0.321. The van der Waals surface area contributed by atoms with E-state index in [2.05, 4.69) is 0 Å². The van der Waals surface area contributed by atoms with E-state index >= 15 is 4.39 Å². The molecule has 11 heteroatoms. The third-order valence-corrected chi connectivity index (χ3v) is 7.89. The van der Waals surface area contributed by atoms with E-state index in [1.54, 1.807) is 16.2 Å². The molecule has 204 valence electrons. The van der Waals surface area contributed by atoms with Gasteiger partial charge in [-0.05, 0) is 41.5 Å². The average Bonchev–Trinajstić information content (AvgIpc) is 3.50. The highest BCUT2D eigenvalue weighted by Gasteiger charge is 2.26. The van der Waals surface area contributed by atoms with E-state index in [1.807, 2.05) is 41.8 Å². The molecule has 2 aromatic heterocycles. The number of nitrogens with zero attached hydrogens (tertiary/aromatic N) is 3. The second kappa shape index (κ2) is 11.5. The van der Waals surface area contributed by atoms with Crippen molar-refractivity contribution in [3.63, 3.8) is 0 Å². The highest BCUT2D eigenvalue weighted by atomic mass is 32.1. The number of carbonyl (C=O) groups is 1. The fourth-order valence-electron chi connectivity index (χ4n) is 4.89. The molecule has 2 aromatic carbocycles. The van der Waals surface area contributed by atoms with E-state index in [-0.39, 0.29) is 23.5 Å². The van der Waals surface area contributed by atoms with Crippen molar-refractivity contribution in [1.82, 2.24) is 14.0 Å². The van der Waals surface area contributed by atoms with E-state index in [0.717, 1.165) is 33.6 Å². The monoisotopic (exact) mass is 557 g/mol. The van der Waals surface area contributed by atoms with E-state index < -0.39 is 42.3 Å². The summed E-state index contributed by atoms with van der Waals surface area (Å²) in [5.74, 6) is -1.40. The average molecular weight is 558 g/mol. The summed E-state index contributed by atoms with van der Waals surface area (Å²) in [5, 5.41) is 1.97. The lowest BCUT2D eigenvalue weighted by atomic mass is 10.0. The van der Waals surface area contributed by atoms with Crippen LogP contribution in [-0.4, -0.2) is 53.0 Å². The number of piperidine rings is 1. The molecule has 0 saturated carbocycles. The van der Waals surface area contributed by atoms with Gasteiger partial charge in [-0.2, -0.15) is 0 Å². The number of alkyl halides is 2. The highest BCUT2D eigenvalue weighted by Crippen LogP contribution is 2.29. The number of benzene rings is 2. The van der Waals surface area contributed by atoms with Crippen LogP contribution in [0.1, 0.15) is 24.4 Å². The van der Waals surface area contributed by atoms with Crippen LogP contribution in [0.25, 0.3) is 21.3 Å². The van der Waals surface area contributed by atoms with Crippen LogP contribution in [0.15, 0.2) is 63.5 Å². The Labute approximate surface area is 225 Å². The minimum atomic E-state index is -1.51. The number of hydrogen-bond donors (Lipinski definition) is 0. The van der Waals surface area contributed by atoms with Gasteiger partial charge in [-0.1, -0.05) is 30.3 Å². The summed E-state index contributed by atoms with van der Waals surface area (Å²) in [4.78, 5) is 41.2. The van der Waals surface area contributed by atoms with Crippen LogP contribution in [0.2, 0.25) is 0 Å². The van der Waals surface area contributed by atoms with E-state index in [0.29, 0.717) is 31.5 Å².